The average Bonchev–Trinajstić information content (AvgIpc) is 2.46. The summed E-state index contributed by atoms with van der Waals surface area (Å²) in [6.07, 6.45) is 3.95. The Labute approximate surface area is 128 Å². The van der Waals surface area contributed by atoms with Crippen LogP contribution in [0.4, 0.5) is 5.69 Å². The van der Waals surface area contributed by atoms with E-state index in [0.29, 0.717) is 6.54 Å². The Morgan fingerprint density at radius 1 is 1.29 bits per heavy atom. The summed E-state index contributed by atoms with van der Waals surface area (Å²) >= 11 is 0. The molecule has 114 valence electrons. The predicted molar refractivity (Wildman–Crippen MR) is 89.0 cm³/mol. The predicted octanol–water partition coefficient (Wildman–Crippen LogP) is 3.46. The molecular weight excluding hydrogens is 260 g/mol. The summed E-state index contributed by atoms with van der Waals surface area (Å²) in [7, 11) is 0. The molecule has 1 aromatic carbocycles. The summed E-state index contributed by atoms with van der Waals surface area (Å²) < 4.78 is 0. The molecule has 0 spiro atoms. The van der Waals surface area contributed by atoms with Crippen LogP contribution in [0.25, 0.3) is 0 Å². The van der Waals surface area contributed by atoms with Crippen LogP contribution in [0.15, 0.2) is 18.2 Å². The zero-order valence-corrected chi connectivity index (χ0v) is 13.3. The van der Waals surface area contributed by atoms with Crippen LogP contribution in [0.3, 0.4) is 0 Å². The van der Waals surface area contributed by atoms with Crippen LogP contribution in [0, 0.1) is 24.7 Å². The van der Waals surface area contributed by atoms with Crippen LogP contribution in [0.1, 0.15) is 50.7 Å². The maximum absolute atomic E-state index is 12.3. The molecule has 0 aliphatic rings. The van der Waals surface area contributed by atoms with Gasteiger partial charge >= 0.3 is 0 Å². The normalized spacial score (nSPS) is 10.1. The van der Waals surface area contributed by atoms with Gasteiger partial charge < -0.3 is 11.1 Å². The maximum atomic E-state index is 12.3. The molecule has 3 nitrogen and oxygen atoms in total. The number of benzene rings is 1. The van der Waals surface area contributed by atoms with Crippen molar-refractivity contribution in [3.8, 4) is 11.8 Å². The molecule has 1 aromatic rings. The van der Waals surface area contributed by atoms with Crippen molar-refractivity contribution in [3.05, 3.63) is 29.3 Å². The highest BCUT2D eigenvalue weighted by Crippen LogP contribution is 2.19. The van der Waals surface area contributed by atoms with E-state index in [1.54, 1.807) is 0 Å². The number of aryl methyl sites for hydroxylation is 1. The van der Waals surface area contributed by atoms with Crippen LogP contribution < -0.4 is 11.1 Å². The molecule has 0 heterocycles. The van der Waals surface area contributed by atoms with Gasteiger partial charge in [-0.1, -0.05) is 38.5 Å². The number of hydrogen-bond donors (Lipinski definition) is 2. The van der Waals surface area contributed by atoms with Crippen LogP contribution in [0.5, 0.6) is 0 Å². The van der Waals surface area contributed by atoms with E-state index in [1.165, 1.54) is 0 Å². The Bertz CT molecular complexity index is 520. The van der Waals surface area contributed by atoms with Crippen LogP contribution >= 0.6 is 0 Å². The lowest BCUT2D eigenvalue weighted by Gasteiger charge is -2.15. The SMILES string of the molecule is CCCC(CCC)C(=O)Nc1ccc(C#CCN)c(C)c1. The molecule has 3 heteroatoms. The van der Waals surface area contributed by atoms with Gasteiger partial charge in [0, 0.05) is 17.2 Å². The third-order valence-electron chi connectivity index (χ3n) is 3.46. The summed E-state index contributed by atoms with van der Waals surface area (Å²) in [6.45, 7) is 6.58. The summed E-state index contributed by atoms with van der Waals surface area (Å²) in [6, 6.07) is 5.80. The van der Waals surface area contributed by atoms with E-state index in [2.05, 4.69) is 31.0 Å². The molecule has 0 aliphatic carbocycles. The van der Waals surface area contributed by atoms with Gasteiger partial charge in [0.25, 0.3) is 0 Å². The lowest BCUT2D eigenvalue weighted by atomic mass is 9.97. The van der Waals surface area contributed by atoms with Crippen LogP contribution in [0.2, 0.25) is 0 Å². The van der Waals surface area contributed by atoms with Crippen molar-refractivity contribution in [1.82, 2.24) is 0 Å². The molecule has 0 saturated heterocycles. The molecule has 0 unspecified atom stereocenters. The van der Waals surface area contributed by atoms with Gasteiger partial charge in [-0.05, 0) is 43.5 Å². The summed E-state index contributed by atoms with van der Waals surface area (Å²) in [5.74, 6) is 6.11. The summed E-state index contributed by atoms with van der Waals surface area (Å²) in [5, 5.41) is 3.02. The van der Waals surface area contributed by atoms with E-state index in [-0.39, 0.29) is 11.8 Å². The molecule has 0 bridgehead atoms. The number of nitrogens with two attached hydrogens (primary N) is 1. The Hall–Kier alpha value is -1.79. The number of amides is 1. The van der Waals surface area contributed by atoms with Crippen molar-refractivity contribution < 1.29 is 4.79 Å². The fraction of sp³-hybridized carbons (Fsp3) is 0.500. The highest BCUT2D eigenvalue weighted by atomic mass is 16.1. The van der Waals surface area contributed by atoms with E-state index in [0.717, 1.165) is 42.5 Å². The highest BCUT2D eigenvalue weighted by Gasteiger charge is 2.16. The lowest BCUT2D eigenvalue weighted by Crippen LogP contribution is -2.22. The molecule has 21 heavy (non-hydrogen) atoms. The van der Waals surface area contributed by atoms with Crippen molar-refractivity contribution in [2.45, 2.75) is 46.5 Å². The first-order valence-corrected chi connectivity index (χ1v) is 7.72. The first-order valence-electron chi connectivity index (χ1n) is 7.72. The molecule has 0 aromatic heterocycles. The second kappa shape index (κ2) is 9.20. The molecule has 0 atom stereocenters. The van der Waals surface area contributed by atoms with E-state index < -0.39 is 0 Å². The first-order chi connectivity index (χ1) is 10.1. The Balaban J connectivity index is 2.78. The molecule has 1 rings (SSSR count). The zero-order chi connectivity index (χ0) is 15.7. The number of carbonyl (C=O) groups excluding carboxylic acids is 1. The molecule has 0 aliphatic heterocycles. The fourth-order valence-corrected chi connectivity index (χ4v) is 2.38. The third-order valence-corrected chi connectivity index (χ3v) is 3.46. The second-order valence-corrected chi connectivity index (χ2v) is 5.30. The van der Waals surface area contributed by atoms with E-state index in [4.69, 9.17) is 5.73 Å². The number of hydrogen-bond acceptors (Lipinski definition) is 2. The average molecular weight is 286 g/mol. The van der Waals surface area contributed by atoms with E-state index in [9.17, 15) is 4.79 Å². The van der Waals surface area contributed by atoms with Gasteiger partial charge in [0.2, 0.25) is 5.91 Å². The minimum atomic E-state index is 0.108. The fourth-order valence-electron chi connectivity index (χ4n) is 2.38. The van der Waals surface area contributed by atoms with Crippen molar-refractivity contribution in [2.75, 3.05) is 11.9 Å². The van der Waals surface area contributed by atoms with Gasteiger partial charge in [0.1, 0.15) is 0 Å². The Morgan fingerprint density at radius 3 is 2.48 bits per heavy atom. The Morgan fingerprint density at radius 2 is 1.95 bits per heavy atom. The van der Waals surface area contributed by atoms with Crippen LogP contribution in [-0.4, -0.2) is 12.5 Å². The molecular formula is C18H26N2O. The minimum Gasteiger partial charge on any atom is -0.326 e. The highest BCUT2D eigenvalue weighted by molar-refractivity contribution is 5.92. The third kappa shape index (κ3) is 5.61. The van der Waals surface area contributed by atoms with Gasteiger partial charge in [0.05, 0.1) is 6.54 Å². The van der Waals surface area contributed by atoms with E-state index >= 15 is 0 Å². The largest absolute Gasteiger partial charge is 0.326 e. The topological polar surface area (TPSA) is 55.1 Å². The quantitative estimate of drug-likeness (QED) is 0.787. The smallest absolute Gasteiger partial charge is 0.227 e. The van der Waals surface area contributed by atoms with Gasteiger partial charge in [-0.2, -0.15) is 0 Å². The zero-order valence-electron chi connectivity index (χ0n) is 13.3. The number of rotatable bonds is 6. The molecule has 0 radical (unpaired) electrons. The van der Waals surface area contributed by atoms with Gasteiger partial charge in [-0.15, -0.1) is 0 Å². The van der Waals surface area contributed by atoms with Crippen molar-refractivity contribution in [3.63, 3.8) is 0 Å². The van der Waals surface area contributed by atoms with Gasteiger partial charge in [0.15, 0.2) is 0 Å². The molecule has 0 saturated carbocycles. The standard InChI is InChI=1S/C18H26N2O/c1-4-7-16(8-5-2)18(21)20-17-11-10-15(9-6-12-19)14(3)13-17/h10-11,13,16H,4-5,7-8,12,19H2,1-3H3,(H,20,21). The van der Waals surface area contributed by atoms with Crippen LogP contribution in [-0.2, 0) is 4.79 Å². The first kappa shape index (κ1) is 17.3. The number of nitrogens with one attached hydrogen (secondary N) is 1. The second-order valence-electron chi connectivity index (χ2n) is 5.30. The van der Waals surface area contributed by atoms with Gasteiger partial charge in [-0.25, -0.2) is 0 Å². The molecule has 3 N–H and O–H groups in total. The number of carbonyl (C=O) groups is 1. The Kier molecular flexibility index (Phi) is 7.56. The number of anilines is 1. The van der Waals surface area contributed by atoms with Gasteiger partial charge in [-0.3, -0.25) is 4.79 Å². The molecule has 0 fully saturated rings. The summed E-state index contributed by atoms with van der Waals surface area (Å²) in [5.41, 5.74) is 8.23. The molecule has 1 amide bonds. The van der Waals surface area contributed by atoms with E-state index in [1.807, 2.05) is 25.1 Å². The summed E-state index contributed by atoms with van der Waals surface area (Å²) in [4.78, 5) is 12.3. The van der Waals surface area contributed by atoms with Crippen molar-refractivity contribution in [1.29, 1.82) is 0 Å². The lowest BCUT2D eigenvalue weighted by molar-refractivity contribution is -0.120. The minimum absolute atomic E-state index is 0.108. The monoisotopic (exact) mass is 286 g/mol. The van der Waals surface area contributed by atoms with Crippen molar-refractivity contribution >= 4 is 11.6 Å². The van der Waals surface area contributed by atoms with Crippen molar-refractivity contribution in [2.24, 2.45) is 11.7 Å². The maximum Gasteiger partial charge on any atom is 0.227 e.